The zero-order chi connectivity index (χ0) is 21.3. The Bertz CT molecular complexity index is 1000. The molecule has 0 radical (unpaired) electrons. The maximum atomic E-state index is 12.1. The van der Waals surface area contributed by atoms with E-state index in [0.29, 0.717) is 23.3 Å². The molecule has 156 valence electrons. The van der Waals surface area contributed by atoms with Gasteiger partial charge in [-0.05, 0) is 67.9 Å². The number of thioether (sulfide) groups is 1. The molecule has 0 spiro atoms. The Morgan fingerprint density at radius 2 is 1.90 bits per heavy atom. The van der Waals surface area contributed by atoms with Crippen molar-refractivity contribution in [3.8, 4) is 17.1 Å². The summed E-state index contributed by atoms with van der Waals surface area (Å²) in [6.07, 6.45) is 1.59. The highest BCUT2D eigenvalue weighted by atomic mass is 35.5. The number of halogens is 1. The standard InChI is InChI=1S/C21H22ClN5O2S/c1-3-27-20(16-7-9-17(22)10-8-16)25-26-21(27)30-14-19(28)24-23-13-15-5-11-18(12-6-15)29-4-2/h5-13H,3-4,14H2,1-2H3,(H,24,28)/b23-13-. The predicted octanol–water partition coefficient (Wildman–Crippen LogP) is 4.26. The van der Waals surface area contributed by atoms with Gasteiger partial charge >= 0.3 is 0 Å². The minimum Gasteiger partial charge on any atom is -0.494 e. The number of carbonyl (C=O) groups is 1. The van der Waals surface area contributed by atoms with Gasteiger partial charge in [-0.15, -0.1) is 10.2 Å². The topological polar surface area (TPSA) is 81.4 Å². The lowest BCUT2D eigenvalue weighted by molar-refractivity contribution is -0.118. The Morgan fingerprint density at radius 1 is 1.17 bits per heavy atom. The van der Waals surface area contributed by atoms with Crippen molar-refractivity contribution < 1.29 is 9.53 Å². The third-order valence-electron chi connectivity index (χ3n) is 4.06. The molecular weight excluding hydrogens is 422 g/mol. The number of hydrogen-bond acceptors (Lipinski definition) is 6. The van der Waals surface area contributed by atoms with Crippen LogP contribution in [-0.4, -0.2) is 39.2 Å². The third-order valence-corrected chi connectivity index (χ3v) is 5.28. The van der Waals surface area contributed by atoms with Crippen LogP contribution in [0.1, 0.15) is 19.4 Å². The largest absolute Gasteiger partial charge is 0.494 e. The molecule has 3 rings (SSSR count). The summed E-state index contributed by atoms with van der Waals surface area (Å²) in [5.74, 6) is 1.50. The fraction of sp³-hybridized carbons (Fsp3) is 0.238. The second-order valence-electron chi connectivity index (χ2n) is 6.14. The van der Waals surface area contributed by atoms with Crippen molar-refractivity contribution in [2.45, 2.75) is 25.5 Å². The number of amides is 1. The van der Waals surface area contributed by atoms with Gasteiger partial charge in [0.1, 0.15) is 5.75 Å². The average Bonchev–Trinajstić information content (AvgIpc) is 3.17. The van der Waals surface area contributed by atoms with Gasteiger partial charge in [0.15, 0.2) is 11.0 Å². The molecule has 0 unspecified atom stereocenters. The monoisotopic (exact) mass is 443 g/mol. The van der Waals surface area contributed by atoms with Crippen LogP contribution in [0, 0.1) is 0 Å². The third kappa shape index (κ3) is 5.84. The number of aromatic nitrogens is 3. The molecule has 7 nitrogen and oxygen atoms in total. The van der Waals surface area contributed by atoms with Crippen LogP contribution in [-0.2, 0) is 11.3 Å². The summed E-state index contributed by atoms with van der Waals surface area (Å²) in [5, 5.41) is 13.8. The van der Waals surface area contributed by atoms with Crippen molar-refractivity contribution in [3.05, 3.63) is 59.1 Å². The molecule has 2 aromatic carbocycles. The summed E-state index contributed by atoms with van der Waals surface area (Å²) in [5.41, 5.74) is 4.32. The van der Waals surface area contributed by atoms with Crippen molar-refractivity contribution in [2.24, 2.45) is 5.10 Å². The molecule has 0 bridgehead atoms. The van der Waals surface area contributed by atoms with E-state index in [9.17, 15) is 4.79 Å². The van der Waals surface area contributed by atoms with E-state index >= 15 is 0 Å². The molecule has 0 saturated carbocycles. The molecule has 0 fully saturated rings. The van der Waals surface area contributed by atoms with Crippen LogP contribution < -0.4 is 10.2 Å². The zero-order valence-electron chi connectivity index (χ0n) is 16.7. The van der Waals surface area contributed by atoms with E-state index in [0.717, 1.165) is 22.7 Å². The molecule has 0 aliphatic heterocycles. The predicted molar refractivity (Wildman–Crippen MR) is 120 cm³/mol. The highest BCUT2D eigenvalue weighted by Gasteiger charge is 2.14. The van der Waals surface area contributed by atoms with Crippen molar-refractivity contribution >= 4 is 35.5 Å². The first kappa shape index (κ1) is 21.9. The summed E-state index contributed by atoms with van der Waals surface area (Å²) in [6.45, 7) is 5.25. The van der Waals surface area contributed by atoms with Crippen LogP contribution in [0.5, 0.6) is 5.75 Å². The van der Waals surface area contributed by atoms with Crippen LogP contribution >= 0.6 is 23.4 Å². The number of nitrogens with one attached hydrogen (secondary N) is 1. The van der Waals surface area contributed by atoms with Crippen molar-refractivity contribution in [3.63, 3.8) is 0 Å². The van der Waals surface area contributed by atoms with Gasteiger partial charge in [0, 0.05) is 17.1 Å². The molecule has 0 aliphatic rings. The zero-order valence-corrected chi connectivity index (χ0v) is 18.3. The van der Waals surface area contributed by atoms with E-state index in [1.807, 2.05) is 66.9 Å². The highest BCUT2D eigenvalue weighted by Crippen LogP contribution is 2.25. The molecule has 9 heteroatoms. The van der Waals surface area contributed by atoms with Crippen LogP contribution in [0.25, 0.3) is 11.4 Å². The van der Waals surface area contributed by atoms with Crippen molar-refractivity contribution in [1.82, 2.24) is 20.2 Å². The van der Waals surface area contributed by atoms with Crippen molar-refractivity contribution in [2.75, 3.05) is 12.4 Å². The number of rotatable bonds is 9. The average molecular weight is 444 g/mol. The van der Waals surface area contributed by atoms with Gasteiger partial charge in [-0.1, -0.05) is 23.4 Å². The lowest BCUT2D eigenvalue weighted by Crippen LogP contribution is -2.20. The molecule has 1 amide bonds. The first-order valence-electron chi connectivity index (χ1n) is 9.47. The fourth-order valence-electron chi connectivity index (χ4n) is 2.65. The van der Waals surface area contributed by atoms with E-state index in [-0.39, 0.29) is 11.7 Å². The van der Waals surface area contributed by atoms with E-state index in [1.54, 1.807) is 6.21 Å². The summed E-state index contributed by atoms with van der Waals surface area (Å²) in [6, 6.07) is 14.9. The Morgan fingerprint density at radius 3 is 2.57 bits per heavy atom. The lowest BCUT2D eigenvalue weighted by Gasteiger charge is -2.07. The van der Waals surface area contributed by atoms with E-state index in [2.05, 4.69) is 20.7 Å². The molecule has 3 aromatic rings. The molecule has 0 saturated heterocycles. The van der Waals surface area contributed by atoms with Gasteiger partial charge < -0.3 is 9.30 Å². The summed E-state index contributed by atoms with van der Waals surface area (Å²) in [7, 11) is 0. The Hall–Kier alpha value is -2.84. The summed E-state index contributed by atoms with van der Waals surface area (Å²) >= 11 is 7.27. The van der Waals surface area contributed by atoms with E-state index in [1.165, 1.54) is 11.8 Å². The smallest absolute Gasteiger partial charge is 0.250 e. The first-order valence-corrected chi connectivity index (χ1v) is 10.8. The van der Waals surface area contributed by atoms with Gasteiger partial charge in [0.25, 0.3) is 5.91 Å². The van der Waals surface area contributed by atoms with Crippen molar-refractivity contribution in [1.29, 1.82) is 0 Å². The van der Waals surface area contributed by atoms with Crippen LogP contribution in [0.3, 0.4) is 0 Å². The van der Waals surface area contributed by atoms with E-state index in [4.69, 9.17) is 16.3 Å². The number of hydrazone groups is 1. The number of carbonyl (C=O) groups excluding carboxylic acids is 1. The maximum Gasteiger partial charge on any atom is 0.250 e. The Kier molecular flexibility index (Phi) is 7.87. The molecule has 0 atom stereocenters. The lowest BCUT2D eigenvalue weighted by atomic mass is 10.2. The number of nitrogens with zero attached hydrogens (tertiary/aromatic N) is 4. The number of hydrogen-bond donors (Lipinski definition) is 1. The van der Waals surface area contributed by atoms with Gasteiger partial charge in [-0.3, -0.25) is 4.79 Å². The summed E-state index contributed by atoms with van der Waals surface area (Å²) < 4.78 is 7.36. The maximum absolute atomic E-state index is 12.1. The van der Waals surface area contributed by atoms with Gasteiger partial charge in [0.2, 0.25) is 0 Å². The Labute approximate surface area is 184 Å². The molecule has 1 aromatic heterocycles. The first-order chi connectivity index (χ1) is 14.6. The quantitative estimate of drug-likeness (QED) is 0.303. The molecule has 1 heterocycles. The fourth-order valence-corrected chi connectivity index (χ4v) is 3.57. The Balaban J connectivity index is 1.55. The van der Waals surface area contributed by atoms with Crippen LogP contribution in [0.4, 0.5) is 0 Å². The molecule has 1 N–H and O–H groups in total. The molecule has 30 heavy (non-hydrogen) atoms. The minimum atomic E-state index is -0.221. The van der Waals surface area contributed by atoms with Gasteiger partial charge in [0.05, 0.1) is 18.6 Å². The minimum absolute atomic E-state index is 0.180. The highest BCUT2D eigenvalue weighted by molar-refractivity contribution is 7.99. The van der Waals surface area contributed by atoms with Crippen LogP contribution in [0.2, 0.25) is 5.02 Å². The summed E-state index contributed by atoms with van der Waals surface area (Å²) in [4.78, 5) is 12.1. The van der Waals surface area contributed by atoms with Crippen LogP contribution in [0.15, 0.2) is 58.8 Å². The molecular formula is C21H22ClN5O2S. The normalized spacial score (nSPS) is 11.0. The number of benzene rings is 2. The van der Waals surface area contributed by atoms with Gasteiger partial charge in [-0.25, -0.2) is 5.43 Å². The van der Waals surface area contributed by atoms with E-state index < -0.39 is 0 Å². The second-order valence-corrected chi connectivity index (χ2v) is 7.52. The number of ether oxygens (including phenoxy) is 1. The second kappa shape index (κ2) is 10.8. The SMILES string of the molecule is CCOc1ccc(/C=N\NC(=O)CSc2nnc(-c3ccc(Cl)cc3)n2CC)cc1. The van der Waals surface area contributed by atoms with Gasteiger partial charge in [-0.2, -0.15) is 5.10 Å². The molecule has 0 aliphatic carbocycles.